The lowest BCUT2D eigenvalue weighted by Crippen LogP contribution is -2.34. The lowest BCUT2D eigenvalue weighted by molar-refractivity contribution is -0.0743. The molecule has 2 atom stereocenters. The minimum absolute atomic E-state index is 0.106. The largest absolute Gasteiger partial charge is 0.390 e. The Labute approximate surface area is 85.6 Å². The monoisotopic (exact) mass is 199 g/mol. The van der Waals surface area contributed by atoms with Crippen LogP contribution in [0.5, 0.6) is 0 Å². The molecule has 2 rings (SSSR count). The minimum Gasteiger partial charge on any atom is -0.390 e. The van der Waals surface area contributed by atoms with Gasteiger partial charge in [-0.25, -0.2) is 0 Å². The molecule has 2 aliphatic rings. The Morgan fingerprint density at radius 1 is 1.00 bits per heavy atom. The fourth-order valence-electron chi connectivity index (χ4n) is 2.54. The zero-order chi connectivity index (χ0) is 9.97. The van der Waals surface area contributed by atoms with E-state index in [2.05, 4.69) is 0 Å². The summed E-state index contributed by atoms with van der Waals surface area (Å²) in [5.74, 6) is 0. The average Bonchev–Trinajstić information content (AvgIpc) is 2.56. The van der Waals surface area contributed by atoms with Crippen LogP contribution in [0, 0.1) is 0 Å². The molecule has 0 aromatic heterocycles. The summed E-state index contributed by atoms with van der Waals surface area (Å²) in [4.78, 5) is 0. The van der Waals surface area contributed by atoms with Crippen molar-refractivity contribution >= 4 is 0 Å². The van der Waals surface area contributed by atoms with Crippen molar-refractivity contribution in [3.63, 3.8) is 0 Å². The Balaban J connectivity index is 1.74. The molecule has 2 unspecified atom stereocenters. The quantitative estimate of drug-likeness (QED) is 0.702. The van der Waals surface area contributed by atoms with Crippen molar-refractivity contribution in [1.82, 2.24) is 0 Å². The summed E-state index contributed by atoms with van der Waals surface area (Å²) < 4.78 is 5.91. The summed E-state index contributed by atoms with van der Waals surface area (Å²) in [5.41, 5.74) is 5.83. The summed E-state index contributed by atoms with van der Waals surface area (Å²) in [7, 11) is 0. The second-order valence-corrected chi connectivity index (χ2v) is 4.71. The molecular formula is C11H21NO2. The molecule has 2 fully saturated rings. The highest BCUT2D eigenvalue weighted by Gasteiger charge is 2.29. The van der Waals surface area contributed by atoms with Crippen LogP contribution in [0.1, 0.15) is 44.9 Å². The lowest BCUT2D eigenvalue weighted by atomic mass is 9.93. The number of nitrogens with two attached hydrogens (primary N) is 1. The van der Waals surface area contributed by atoms with Gasteiger partial charge in [0, 0.05) is 6.04 Å². The molecule has 0 bridgehead atoms. The van der Waals surface area contributed by atoms with Gasteiger partial charge in [0.25, 0.3) is 0 Å². The van der Waals surface area contributed by atoms with Gasteiger partial charge in [-0.05, 0) is 44.9 Å². The zero-order valence-electron chi connectivity index (χ0n) is 8.69. The van der Waals surface area contributed by atoms with Crippen LogP contribution in [0.4, 0.5) is 0 Å². The van der Waals surface area contributed by atoms with Gasteiger partial charge < -0.3 is 15.6 Å². The average molecular weight is 199 g/mol. The van der Waals surface area contributed by atoms with Crippen molar-refractivity contribution in [3.8, 4) is 0 Å². The van der Waals surface area contributed by atoms with Gasteiger partial charge in [0.15, 0.2) is 0 Å². The second kappa shape index (κ2) is 4.60. The Kier molecular flexibility index (Phi) is 3.42. The van der Waals surface area contributed by atoms with Crippen molar-refractivity contribution in [2.45, 2.75) is 69.3 Å². The van der Waals surface area contributed by atoms with Crippen molar-refractivity contribution in [1.29, 1.82) is 0 Å². The van der Waals surface area contributed by atoms with Crippen LogP contribution in [-0.4, -0.2) is 29.5 Å². The van der Waals surface area contributed by atoms with E-state index in [1.807, 2.05) is 0 Å². The van der Waals surface area contributed by atoms with Crippen LogP contribution in [0.25, 0.3) is 0 Å². The van der Waals surface area contributed by atoms with Crippen molar-refractivity contribution in [3.05, 3.63) is 0 Å². The molecule has 3 heteroatoms. The van der Waals surface area contributed by atoms with Crippen molar-refractivity contribution in [2.75, 3.05) is 0 Å². The van der Waals surface area contributed by atoms with E-state index in [0.29, 0.717) is 12.1 Å². The predicted molar refractivity (Wildman–Crippen MR) is 55.0 cm³/mol. The van der Waals surface area contributed by atoms with E-state index >= 15 is 0 Å². The van der Waals surface area contributed by atoms with E-state index in [9.17, 15) is 5.11 Å². The molecule has 14 heavy (non-hydrogen) atoms. The number of hydrogen-bond acceptors (Lipinski definition) is 3. The Hall–Kier alpha value is -0.120. The van der Waals surface area contributed by atoms with Gasteiger partial charge >= 0.3 is 0 Å². The van der Waals surface area contributed by atoms with Gasteiger partial charge in [0.2, 0.25) is 0 Å². The number of hydrogen-bond donors (Lipinski definition) is 2. The van der Waals surface area contributed by atoms with Gasteiger partial charge in [-0.1, -0.05) is 0 Å². The molecule has 0 saturated heterocycles. The maximum Gasteiger partial charge on any atom is 0.0837 e. The molecule has 82 valence electrons. The standard InChI is InChI=1S/C11H21NO2/c12-8-4-6-9(7-5-8)14-11-3-1-2-10(11)13/h8-11,13H,1-7,12H2. The van der Waals surface area contributed by atoms with Gasteiger partial charge in [-0.3, -0.25) is 0 Å². The number of rotatable bonds is 2. The first-order chi connectivity index (χ1) is 6.75. The maximum atomic E-state index is 9.62. The summed E-state index contributed by atoms with van der Waals surface area (Å²) in [6.07, 6.45) is 7.60. The fraction of sp³-hybridized carbons (Fsp3) is 1.00. The van der Waals surface area contributed by atoms with Crippen LogP contribution >= 0.6 is 0 Å². The Morgan fingerprint density at radius 3 is 2.29 bits per heavy atom. The molecule has 3 nitrogen and oxygen atoms in total. The van der Waals surface area contributed by atoms with Gasteiger partial charge in [-0.2, -0.15) is 0 Å². The molecular weight excluding hydrogens is 178 g/mol. The van der Waals surface area contributed by atoms with Crippen LogP contribution in [0.3, 0.4) is 0 Å². The van der Waals surface area contributed by atoms with Crippen LogP contribution in [-0.2, 0) is 4.74 Å². The molecule has 0 spiro atoms. The molecule has 0 heterocycles. The van der Waals surface area contributed by atoms with Crippen molar-refractivity contribution in [2.24, 2.45) is 5.73 Å². The van der Waals surface area contributed by atoms with Crippen molar-refractivity contribution < 1.29 is 9.84 Å². The molecule has 0 radical (unpaired) electrons. The Morgan fingerprint density at radius 2 is 1.71 bits per heavy atom. The molecule has 2 saturated carbocycles. The molecule has 0 aromatic rings. The highest BCUT2D eigenvalue weighted by molar-refractivity contribution is 4.81. The first-order valence-electron chi connectivity index (χ1n) is 5.85. The molecule has 0 aliphatic heterocycles. The maximum absolute atomic E-state index is 9.62. The van der Waals surface area contributed by atoms with Crippen LogP contribution < -0.4 is 5.73 Å². The summed E-state index contributed by atoms with van der Waals surface area (Å²) in [5, 5.41) is 9.62. The van der Waals surface area contributed by atoms with Gasteiger partial charge in [0.05, 0.1) is 18.3 Å². The summed E-state index contributed by atoms with van der Waals surface area (Å²) in [6.45, 7) is 0. The molecule has 0 aromatic carbocycles. The fourth-order valence-corrected chi connectivity index (χ4v) is 2.54. The van der Waals surface area contributed by atoms with Crippen LogP contribution in [0.15, 0.2) is 0 Å². The van der Waals surface area contributed by atoms with Gasteiger partial charge in [-0.15, -0.1) is 0 Å². The van der Waals surface area contributed by atoms with Gasteiger partial charge in [0.1, 0.15) is 0 Å². The zero-order valence-corrected chi connectivity index (χ0v) is 8.69. The second-order valence-electron chi connectivity index (χ2n) is 4.71. The van der Waals surface area contributed by atoms with E-state index < -0.39 is 0 Å². The highest BCUT2D eigenvalue weighted by atomic mass is 16.5. The lowest BCUT2D eigenvalue weighted by Gasteiger charge is -2.29. The third-order valence-electron chi connectivity index (χ3n) is 3.50. The third kappa shape index (κ3) is 2.47. The van der Waals surface area contributed by atoms with E-state index in [1.54, 1.807) is 0 Å². The highest BCUT2D eigenvalue weighted by Crippen LogP contribution is 2.27. The summed E-state index contributed by atoms with van der Waals surface area (Å²) in [6, 6.07) is 0.378. The first-order valence-corrected chi connectivity index (χ1v) is 5.85. The van der Waals surface area contributed by atoms with E-state index in [4.69, 9.17) is 10.5 Å². The third-order valence-corrected chi connectivity index (χ3v) is 3.50. The number of aliphatic hydroxyl groups excluding tert-OH is 1. The topological polar surface area (TPSA) is 55.5 Å². The SMILES string of the molecule is NC1CCC(OC2CCCC2O)CC1. The Bertz CT molecular complexity index is 178. The minimum atomic E-state index is -0.217. The normalized spacial score (nSPS) is 44.1. The van der Waals surface area contributed by atoms with E-state index in [-0.39, 0.29) is 12.2 Å². The predicted octanol–water partition coefficient (Wildman–Crippen LogP) is 1.19. The first kappa shape index (κ1) is 10.4. The molecule has 3 N–H and O–H groups in total. The van der Waals surface area contributed by atoms with E-state index in [0.717, 1.165) is 44.9 Å². The molecule has 2 aliphatic carbocycles. The van der Waals surface area contributed by atoms with E-state index in [1.165, 1.54) is 0 Å². The summed E-state index contributed by atoms with van der Waals surface area (Å²) >= 11 is 0. The molecule has 0 amide bonds. The number of aliphatic hydroxyl groups is 1. The number of ether oxygens (including phenoxy) is 1. The smallest absolute Gasteiger partial charge is 0.0837 e. The van der Waals surface area contributed by atoms with Crippen LogP contribution in [0.2, 0.25) is 0 Å².